The van der Waals surface area contributed by atoms with Crippen molar-refractivity contribution in [3.05, 3.63) is 77.4 Å². The van der Waals surface area contributed by atoms with Gasteiger partial charge in [0.1, 0.15) is 0 Å². The van der Waals surface area contributed by atoms with E-state index in [1.807, 2.05) is 0 Å². The van der Waals surface area contributed by atoms with Crippen LogP contribution in [0.5, 0.6) is 0 Å². The molecule has 2 aromatic rings. The Hall–Kier alpha value is 0.523. The fourth-order valence-corrected chi connectivity index (χ4v) is 2.20. The quantitative estimate of drug-likeness (QED) is 0.415. The number of halogens is 2. The molecule has 0 bridgehead atoms. The molecule has 0 saturated carbocycles. The van der Waals surface area contributed by atoms with E-state index in [1.54, 1.807) is 0 Å². The Kier molecular flexibility index (Phi) is 6.59. The van der Waals surface area contributed by atoms with Crippen LogP contribution in [-0.4, -0.2) is 0 Å². The molecule has 0 spiro atoms. The van der Waals surface area contributed by atoms with Gasteiger partial charge in [0.25, 0.3) is 0 Å². The van der Waals surface area contributed by atoms with Gasteiger partial charge in [0.05, 0.1) is 0 Å². The number of fused-ring (bicyclic) bond motifs is 1. The second-order valence-corrected chi connectivity index (χ2v) is 22.9. The third kappa shape index (κ3) is 3.76. The molecule has 0 amide bonds. The number of allylic oxidation sites excluding steroid dienone is 1. The van der Waals surface area contributed by atoms with Gasteiger partial charge in [-0.2, -0.15) is 0 Å². The average Bonchev–Trinajstić information content (AvgIpc) is 2.84. The maximum absolute atomic E-state index is 2.45. The zero-order valence-electron chi connectivity index (χ0n) is 9.68. The zero-order chi connectivity index (χ0) is 12.8. The molecule has 0 nitrogen and oxygen atoms in total. The molecule has 1 aliphatic rings. The number of hydrogen-bond acceptors (Lipinski definition) is 0. The van der Waals surface area contributed by atoms with Crippen LogP contribution in [-0.2, 0) is 14.9 Å². The van der Waals surface area contributed by atoms with Crippen LogP contribution >= 0.6 is 36.1 Å². The van der Waals surface area contributed by atoms with E-state index in [0.29, 0.717) is 5.92 Å². The Morgan fingerprint density at radius 1 is 0.833 bits per heavy atom. The summed E-state index contributed by atoms with van der Waals surface area (Å²) in [6.45, 7) is 0. The molecule has 3 heteroatoms. The van der Waals surface area contributed by atoms with Crippen LogP contribution in [0, 0.1) is 0 Å². The molecular weight excluding hydrogens is 525 g/mol. The fourth-order valence-electron chi connectivity index (χ4n) is 2.20. The average molecular weight is 537 g/mol. The van der Waals surface area contributed by atoms with Crippen molar-refractivity contribution >= 4 is 42.2 Å². The van der Waals surface area contributed by atoms with E-state index < -0.39 is 0 Å². The molecule has 0 radical (unpaired) electrons. The normalized spacial score (nSPS) is 15.6. The molecule has 2 aromatic carbocycles. The van der Waals surface area contributed by atoms with Gasteiger partial charge in [-0.25, -0.2) is 0 Å². The van der Waals surface area contributed by atoms with Gasteiger partial charge in [-0.15, -0.1) is 0 Å². The summed E-state index contributed by atoms with van der Waals surface area (Å²) in [6, 6.07) is 19.2. The van der Waals surface area contributed by atoms with Crippen LogP contribution in [0.3, 0.4) is 0 Å². The van der Waals surface area contributed by atoms with Crippen molar-refractivity contribution in [1.82, 2.24) is 0 Å². The van der Waals surface area contributed by atoms with Gasteiger partial charge in [-0.05, 0) is 16.7 Å². The first kappa shape index (κ1) is 14.9. The minimum absolute atomic E-state index is 0.170. The molecule has 90 valence electrons. The van der Waals surface area contributed by atoms with Crippen LogP contribution in [0.15, 0.2) is 60.7 Å². The number of hydrogen-bond donors (Lipinski definition) is 0. The monoisotopic (exact) mass is 536 g/mol. The Morgan fingerprint density at radius 2 is 1.44 bits per heavy atom. The van der Waals surface area contributed by atoms with Gasteiger partial charge < -0.3 is 0 Å². The molecule has 1 atom stereocenters. The minimum atomic E-state index is 0.170. The predicted molar refractivity (Wildman–Crippen MR) is 91.8 cm³/mol. The first-order valence-corrected chi connectivity index (χ1v) is 20.3. The summed E-state index contributed by atoms with van der Waals surface area (Å²) in [5.74, 6) is 0.447. The van der Waals surface area contributed by atoms with Crippen molar-refractivity contribution in [3.63, 3.8) is 0 Å². The summed E-state index contributed by atoms with van der Waals surface area (Å²) in [5.41, 5.74) is 4.15. The van der Waals surface area contributed by atoms with E-state index in [0.717, 1.165) is 0 Å². The molecule has 0 saturated heterocycles. The molecule has 0 aliphatic heterocycles. The number of benzene rings is 2. The molecule has 1 unspecified atom stereocenters. The van der Waals surface area contributed by atoms with E-state index in [2.05, 4.69) is 103 Å². The summed E-state index contributed by atoms with van der Waals surface area (Å²) < 4.78 is 0. The molecule has 0 N–H and O–H groups in total. The van der Waals surface area contributed by atoms with E-state index >= 15 is 0 Å². The van der Waals surface area contributed by atoms with Crippen molar-refractivity contribution in [2.45, 2.75) is 5.92 Å². The maximum atomic E-state index is 2.45. The van der Waals surface area contributed by atoms with Gasteiger partial charge in [-0.1, -0.05) is 66.7 Å². The second-order valence-electron chi connectivity index (χ2n) is 3.95. The van der Waals surface area contributed by atoms with Gasteiger partial charge in [0, 0.05) is 5.92 Å². The Morgan fingerprint density at radius 3 is 2.17 bits per heavy atom. The van der Waals surface area contributed by atoms with Crippen LogP contribution in [0.4, 0.5) is 0 Å². The third-order valence-electron chi connectivity index (χ3n) is 2.96. The number of rotatable bonds is 1. The first-order chi connectivity index (χ1) is 8.86. The van der Waals surface area contributed by atoms with E-state index in [4.69, 9.17) is 0 Å². The van der Waals surface area contributed by atoms with Crippen LogP contribution in [0.25, 0.3) is 6.08 Å². The van der Waals surface area contributed by atoms with Gasteiger partial charge in [0.2, 0.25) is 0 Å². The Balaban J connectivity index is 0.000000367. The van der Waals surface area contributed by atoms with Gasteiger partial charge in [-0.3, -0.25) is 0 Å². The first-order valence-electron chi connectivity index (χ1n) is 5.65. The molecule has 1 aliphatic carbocycles. The standard InChI is InChI=1S/C15H12.2HI.Zr/c1-2-6-12(7-3-1)15-11-10-13-8-4-5-9-14(13)15;;;/h1-11,15H;2*1H;/q;;;+2/p-2. The van der Waals surface area contributed by atoms with Crippen LogP contribution < -0.4 is 0 Å². The van der Waals surface area contributed by atoms with Crippen molar-refractivity contribution in [3.8, 4) is 0 Å². The van der Waals surface area contributed by atoms with Gasteiger partial charge in [0.15, 0.2) is 0 Å². The summed E-state index contributed by atoms with van der Waals surface area (Å²) in [6.07, 6.45) is 4.49. The van der Waals surface area contributed by atoms with Crippen LogP contribution in [0.1, 0.15) is 22.6 Å². The van der Waals surface area contributed by atoms with E-state index in [1.165, 1.54) is 16.7 Å². The van der Waals surface area contributed by atoms with Crippen molar-refractivity contribution in [2.75, 3.05) is 0 Å². The third-order valence-corrected chi connectivity index (χ3v) is 2.96. The Bertz CT molecular complexity index is 523. The summed E-state index contributed by atoms with van der Waals surface area (Å²) in [4.78, 5) is 0. The second kappa shape index (κ2) is 7.96. The summed E-state index contributed by atoms with van der Waals surface area (Å²) >= 11 is 5.06. The molecule has 0 heterocycles. The SMILES string of the molecule is C1=CC(c2ccccc2)c2ccccc21.[I][Zr][I]. The molecule has 18 heavy (non-hydrogen) atoms. The van der Waals surface area contributed by atoms with Crippen molar-refractivity contribution < 1.29 is 14.9 Å². The summed E-state index contributed by atoms with van der Waals surface area (Å²) in [5, 5.41) is 0. The zero-order valence-corrected chi connectivity index (χ0v) is 16.5. The molecular formula is C15H12I2Zr. The van der Waals surface area contributed by atoms with Crippen molar-refractivity contribution in [2.24, 2.45) is 0 Å². The van der Waals surface area contributed by atoms with E-state index in [-0.39, 0.29) is 14.9 Å². The van der Waals surface area contributed by atoms with E-state index in [9.17, 15) is 0 Å². The summed E-state index contributed by atoms with van der Waals surface area (Å²) in [7, 11) is 0. The van der Waals surface area contributed by atoms with Crippen molar-refractivity contribution in [1.29, 1.82) is 0 Å². The molecule has 3 rings (SSSR count). The predicted octanol–water partition coefficient (Wildman–Crippen LogP) is 5.61. The fraction of sp³-hybridized carbons (Fsp3) is 0.0667. The molecule has 0 fully saturated rings. The van der Waals surface area contributed by atoms with Crippen LogP contribution in [0.2, 0.25) is 0 Å². The Labute approximate surface area is 138 Å². The topological polar surface area (TPSA) is 0 Å². The molecule has 0 aromatic heterocycles. The van der Waals surface area contributed by atoms with Gasteiger partial charge >= 0.3 is 50.9 Å².